The first-order valence-corrected chi connectivity index (χ1v) is 45.7. The highest BCUT2D eigenvalue weighted by Gasteiger charge is 2.52. The minimum Gasteiger partial charge on any atom is -0.406 e. The summed E-state index contributed by atoms with van der Waals surface area (Å²) in [5.41, 5.74) is -1.83. The van der Waals surface area contributed by atoms with Crippen LogP contribution in [0.3, 0.4) is 0 Å². The number of Topliss-reactive ketones (excluding diaryl/α,β-unsaturated/α-hetero) is 2. The highest BCUT2D eigenvalue weighted by molar-refractivity contribution is 8.14. The van der Waals surface area contributed by atoms with Crippen molar-refractivity contribution in [3.05, 3.63) is 146 Å². The molecule has 6 aromatic rings. The van der Waals surface area contributed by atoms with Crippen molar-refractivity contribution in [1.29, 1.82) is 0 Å². The van der Waals surface area contributed by atoms with Crippen LogP contribution in [0.15, 0.2) is 175 Å². The van der Waals surface area contributed by atoms with E-state index in [-0.39, 0.29) is 126 Å². The van der Waals surface area contributed by atoms with Gasteiger partial charge >= 0.3 is 38.2 Å². The second-order valence-electron chi connectivity index (χ2n) is 25.7. The SMILES string of the molecule is C#CC#CC#C.Cl.O=C1CCN(S(=O)(=O)c2ccc(OC(F)(F)F)cc2)CC1.O=C1CCNCC1.O=S(=O)(Cl)c1ccc(OC(F)(F)F)cc1.O=S(=O)(Cl)c1ccc(OC(F)(F)F)cc1.O=S(=O)(c1ccc(OC(F)(F)F)cc1)N1CCC2(CC1)NCCO2.O=S(=O)(c1ccc(OC(F)(F)F)cc1)N1CCC2(CC1)OCCN2S(=O)(=O)c1ccc(OC(F)(F)F)cc1. The number of ether oxygens (including phenoxy) is 8. The molecule has 0 aromatic heterocycles. The van der Waals surface area contributed by atoms with Gasteiger partial charge in [-0.3, -0.25) is 14.9 Å². The number of halogens is 21. The minimum atomic E-state index is -4.94. The summed E-state index contributed by atoms with van der Waals surface area (Å²) in [5, 5.41) is 6.34. The van der Waals surface area contributed by atoms with Gasteiger partial charge in [0.2, 0.25) is 40.1 Å². The zero-order chi connectivity index (χ0) is 94.4. The van der Waals surface area contributed by atoms with Gasteiger partial charge in [-0.15, -0.1) is 104 Å². The molecule has 0 aliphatic carbocycles. The van der Waals surface area contributed by atoms with E-state index >= 15 is 0 Å². The number of piperidine rings is 4. The zero-order valence-electron chi connectivity index (χ0n) is 64.3. The van der Waals surface area contributed by atoms with Crippen LogP contribution in [0.25, 0.3) is 0 Å². The minimum absolute atomic E-state index is 0. The van der Waals surface area contributed by atoms with Crippen LogP contribution in [-0.2, 0) is 77.3 Å². The van der Waals surface area contributed by atoms with Gasteiger partial charge < -0.3 is 43.2 Å². The van der Waals surface area contributed by atoms with Crippen LogP contribution < -0.4 is 39.1 Å². The molecule has 0 atom stereocenters. The van der Waals surface area contributed by atoms with Gasteiger partial charge in [0.05, 0.1) is 42.6 Å². The number of benzene rings is 6. The lowest BCUT2D eigenvalue weighted by atomic mass is 10.0. The monoisotopic (exact) mass is 2010 g/mol. The summed E-state index contributed by atoms with van der Waals surface area (Å²) in [4.78, 5) is 20.2. The fourth-order valence-electron chi connectivity index (χ4n) is 11.6. The van der Waals surface area contributed by atoms with Crippen LogP contribution >= 0.6 is 33.8 Å². The molecule has 127 heavy (non-hydrogen) atoms. The molecule has 6 aromatic carbocycles. The largest absolute Gasteiger partial charge is 0.573 e. The third kappa shape index (κ3) is 35.8. The number of hydrogen-bond acceptors (Lipinski definition) is 24. The molecule has 2 spiro atoms. The molecule has 6 aliphatic heterocycles. The number of carbonyl (C=O) groups is 2. The van der Waals surface area contributed by atoms with Crippen LogP contribution in [0, 0.1) is 36.5 Å². The number of terminal acetylenes is 2. The first-order valence-electron chi connectivity index (χ1n) is 35.3. The van der Waals surface area contributed by atoms with Crippen molar-refractivity contribution in [2.45, 2.75) is 130 Å². The Balaban J connectivity index is 0.000000281. The number of nitrogens with zero attached hydrogens (tertiary/aromatic N) is 4. The van der Waals surface area contributed by atoms with Crippen molar-refractivity contribution in [2.75, 3.05) is 78.7 Å². The Labute approximate surface area is 729 Å². The van der Waals surface area contributed by atoms with Gasteiger partial charge in [-0.25, -0.2) is 50.5 Å². The van der Waals surface area contributed by atoms with Crippen molar-refractivity contribution in [1.82, 2.24) is 27.9 Å². The predicted octanol–water partition coefficient (Wildman–Crippen LogP) is 13.0. The number of carbonyl (C=O) groups excluding carboxylic acids is 2. The topological polar surface area (TPSA) is 350 Å². The van der Waals surface area contributed by atoms with Crippen molar-refractivity contribution < 1.29 is 177 Å². The molecule has 0 unspecified atom stereocenters. The smallest absolute Gasteiger partial charge is 0.406 e. The summed E-state index contributed by atoms with van der Waals surface area (Å²) in [6.45, 7) is 3.51. The predicted molar refractivity (Wildman–Crippen MR) is 413 cm³/mol. The summed E-state index contributed by atoms with van der Waals surface area (Å²) in [5.74, 6) is 5.86. The summed E-state index contributed by atoms with van der Waals surface area (Å²) >= 11 is 0. The number of ketones is 2. The number of alkyl halides is 18. The molecular weight excluding hydrogens is 1940 g/mol. The van der Waals surface area contributed by atoms with E-state index in [1.165, 1.54) is 4.31 Å². The lowest BCUT2D eigenvalue weighted by Gasteiger charge is -2.42. The van der Waals surface area contributed by atoms with E-state index in [0.29, 0.717) is 25.2 Å². The van der Waals surface area contributed by atoms with Crippen molar-refractivity contribution >= 4 is 104 Å². The molecule has 0 bridgehead atoms. The molecule has 28 nitrogen and oxygen atoms in total. The summed E-state index contributed by atoms with van der Waals surface area (Å²) in [6, 6.07) is 22.7. The summed E-state index contributed by atoms with van der Waals surface area (Å²) < 4.78 is 400. The van der Waals surface area contributed by atoms with Crippen LogP contribution in [0.1, 0.15) is 51.4 Å². The Kier molecular flexibility index (Phi) is 38.6. The Morgan fingerprint density at radius 1 is 0.339 bits per heavy atom. The number of hydrogen-bond donors (Lipinski definition) is 2. The van der Waals surface area contributed by atoms with E-state index < -0.39 is 142 Å². The maximum atomic E-state index is 13.3. The standard InChI is InChI=1S/C21H20F6N2O7S2.C14H17F3N2O4S.C12H12F3NO4S.2C7H4ClF3O3S.C6H2.C5H9NO.ClH/c22-20(23,24)35-15-1-5-17(6-2-15)37(30,31)28-11-9-19(10-12-28)29(13-14-34-19)38(32,33)18-7-3-16(4-8-18)36-21(25,26)27;15-14(16,17)23-11-1-3-12(4-2-11)24(20,21)19-8-5-13(6-9-19)18-7-10-22-13;13-12(14,15)20-10-1-3-11(4-2-10)21(18,19)16-7-5-9(17)6-8-16;2*8-15(12,13)6-3-1-5(2-4-6)14-7(9,10)11;1-3-5-6-4-2;7-5-1-3-6-4-2-5;/h1-8H,9-14H2;1-4,18H,5-10H2;1-4H,5-8H2;2*1-4H;1-2H;6H,1-4H2;1H. The number of rotatable bonds is 16. The Morgan fingerprint density at radius 2 is 0.591 bits per heavy atom. The lowest BCUT2D eigenvalue weighted by molar-refractivity contribution is -0.275. The van der Waals surface area contributed by atoms with Gasteiger partial charge in [-0.05, 0) is 169 Å². The molecule has 6 heterocycles. The Bertz CT molecular complexity index is 5420. The molecular formula is C72H69Cl3F18N6O22S6. The van der Waals surface area contributed by atoms with E-state index in [0.717, 1.165) is 191 Å². The molecule has 2 N–H and O–H groups in total. The third-order valence-corrected chi connectivity index (χ3v) is 27.6. The molecule has 0 radical (unpaired) electrons. The molecule has 702 valence electrons. The van der Waals surface area contributed by atoms with Gasteiger partial charge in [0.1, 0.15) is 57.5 Å². The van der Waals surface area contributed by atoms with Gasteiger partial charge in [0.25, 0.3) is 18.1 Å². The second-order valence-corrected chi connectivity index (χ2v) is 38.5. The van der Waals surface area contributed by atoms with E-state index in [2.05, 4.69) is 62.7 Å². The van der Waals surface area contributed by atoms with Crippen molar-refractivity contribution in [3.63, 3.8) is 0 Å². The van der Waals surface area contributed by atoms with Crippen molar-refractivity contribution in [3.8, 4) is 71.0 Å². The van der Waals surface area contributed by atoms with Crippen LogP contribution in [0.5, 0.6) is 34.5 Å². The fraction of sp³-hybridized carbons (Fsp3) is 0.389. The van der Waals surface area contributed by atoms with Crippen LogP contribution in [0.2, 0.25) is 0 Å². The highest BCUT2D eigenvalue weighted by atomic mass is 35.7. The lowest BCUT2D eigenvalue weighted by Crippen LogP contribution is -2.55. The average Bonchev–Trinajstić information content (AvgIpc) is 1.64. The van der Waals surface area contributed by atoms with Gasteiger partial charge in [-0.2, -0.15) is 17.2 Å². The van der Waals surface area contributed by atoms with Crippen LogP contribution in [-0.4, -0.2) is 208 Å². The first kappa shape index (κ1) is 109. The van der Waals surface area contributed by atoms with E-state index in [9.17, 15) is 139 Å². The summed E-state index contributed by atoms with van der Waals surface area (Å²) in [6.07, 6.45) is -17.0. The molecule has 0 saturated carbocycles. The van der Waals surface area contributed by atoms with Gasteiger partial charge in [0.15, 0.2) is 0 Å². The number of sulfonamides is 4. The molecule has 55 heteroatoms. The maximum Gasteiger partial charge on any atom is 0.573 e. The second kappa shape index (κ2) is 45.1. The van der Waals surface area contributed by atoms with E-state index in [1.54, 1.807) is 0 Å². The fourth-order valence-corrected chi connectivity index (χ4v) is 19.2. The van der Waals surface area contributed by atoms with Gasteiger partial charge in [0, 0.05) is 138 Å². The van der Waals surface area contributed by atoms with Crippen molar-refractivity contribution in [2.24, 2.45) is 0 Å². The molecule has 6 fully saturated rings. The molecule has 6 saturated heterocycles. The quantitative estimate of drug-likeness (QED) is 0.0516. The van der Waals surface area contributed by atoms with Crippen LogP contribution in [0.4, 0.5) is 79.0 Å². The maximum absolute atomic E-state index is 13.3. The average molecular weight is 2010 g/mol. The Morgan fingerprint density at radius 3 is 0.827 bits per heavy atom. The summed E-state index contributed by atoms with van der Waals surface area (Å²) in [7, 11) is -13.9. The first-order chi connectivity index (χ1) is 58.1. The third-order valence-electron chi connectivity index (χ3n) is 17.1. The zero-order valence-corrected chi connectivity index (χ0v) is 71.6. The van der Waals surface area contributed by atoms with Gasteiger partial charge in [-0.1, -0.05) is 0 Å². The normalized spacial score (nSPS) is 17.3. The highest BCUT2D eigenvalue weighted by Crippen LogP contribution is 2.41. The number of nitrogens with one attached hydrogen (secondary N) is 2. The Hall–Kier alpha value is -8.87. The molecule has 6 aliphatic rings. The van der Waals surface area contributed by atoms with E-state index in [4.69, 9.17) is 43.7 Å². The molecule has 0 amide bonds. The van der Waals surface area contributed by atoms with E-state index in [1.807, 2.05) is 0 Å². The molecule has 12 rings (SSSR count).